The summed E-state index contributed by atoms with van der Waals surface area (Å²) >= 11 is 12.3. The van der Waals surface area contributed by atoms with E-state index in [0.717, 1.165) is 34.3 Å². The Kier molecular flexibility index (Phi) is 3.06. The maximum atomic E-state index is 6.23. The molecule has 1 aromatic heterocycles. The van der Waals surface area contributed by atoms with E-state index in [1.54, 1.807) is 6.07 Å². The van der Waals surface area contributed by atoms with Gasteiger partial charge in [-0.1, -0.05) is 23.2 Å². The molecule has 0 amide bonds. The zero-order valence-corrected chi connectivity index (χ0v) is 11.4. The summed E-state index contributed by atoms with van der Waals surface area (Å²) in [5, 5.41) is 5.36. The molecular weight excluding hydrogens is 271 g/mol. The minimum atomic E-state index is 0.582. The number of halogens is 2. The second-order valence-electron chi connectivity index (χ2n) is 4.25. The van der Waals surface area contributed by atoms with Gasteiger partial charge < -0.3 is 10.1 Å². The standard InChI is InChI=1S/C13H12Cl2N2O/c1-16-12-8-4-7(14)5-10(15)13(8)17-11-2-3-18-6-9(11)12/h4-5H,2-3,6H2,1H3,(H,16,17). The van der Waals surface area contributed by atoms with Gasteiger partial charge in [0.25, 0.3) is 0 Å². The van der Waals surface area contributed by atoms with Crippen molar-refractivity contribution >= 4 is 39.8 Å². The van der Waals surface area contributed by atoms with Crippen LogP contribution in [0.3, 0.4) is 0 Å². The van der Waals surface area contributed by atoms with Crippen molar-refractivity contribution in [2.45, 2.75) is 13.0 Å². The van der Waals surface area contributed by atoms with Crippen LogP contribution in [0, 0.1) is 0 Å². The van der Waals surface area contributed by atoms with E-state index < -0.39 is 0 Å². The van der Waals surface area contributed by atoms with Gasteiger partial charge in [-0.2, -0.15) is 0 Å². The van der Waals surface area contributed by atoms with Crippen LogP contribution in [0.5, 0.6) is 0 Å². The molecule has 0 unspecified atom stereocenters. The highest BCUT2D eigenvalue weighted by molar-refractivity contribution is 6.38. The summed E-state index contributed by atoms with van der Waals surface area (Å²) in [6, 6.07) is 3.61. The number of pyridine rings is 1. The van der Waals surface area contributed by atoms with Gasteiger partial charge in [-0.25, -0.2) is 0 Å². The van der Waals surface area contributed by atoms with E-state index in [0.29, 0.717) is 23.3 Å². The minimum absolute atomic E-state index is 0.582. The van der Waals surface area contributed by atoms with Crippen LogP contribution in [0.1, 0.15) is 11.3 Å². The predicted octanol–water partition coefficient (Wildman–Crippen LogP) is 3.66. The molecule has 3 nitrogen and oxygen atoms in total. The smallest absolute Gasteiger partial charge is 0.0913 e. The van der Waals surface area contributed by atoms with Crippen molar-refractivity contribution in [2.75, 3.05) is 19.0 Å². The summed E-state index contributed by atoms with van der Waals surface area (Å²) in [7, 11) is 1.89. The molecule has 0 bridgehead atoms. The van der Waals surface area contributed by atoms with E-state index in [9.17, 15) is 0 Å². The lowest BCUT2D eigenvalue weighted by Gasteiger charge is -2.21. The summed E-state index contributed by atoms with van der Waals surface area (Å²) < 4.78 is 5.50. The zero-order chi connectivity index (χ0) is 12.7. The number of aromatic nitrogens is 1. The van der Waals surface area contributed by atoms with Gasteiger partial charge in [-0.3, -0.25) is 4.98 Å². The minimum Gasteiger partial charge on any atom is -0.387 e. The number of nitrogens with zero attached hydrogens (tertiary/aromatic N) is 1. The Balaban J connectivity index is 2.40. The van der Waals surface area contributed by atoms with E-state index in [1.165, 1.54) is 0 Å². The molecule has 94 valence electrons. The lowest BCUT2D eigenvalue weighted by molar-refractivity contribution is 0.110. The summed E-state index contributed by atoms with van der Waals surface area (Å²) in [6.07, 6.45) is 0.818. The van der Waals surface area contributed by atoms with Gasteiger partial charge in [0.1, 0.15) is 0 Å². The summed E-state index contributed by atoms with van der Waals surface area (Å²) in [5.74, 6) is 0. The molecule has 0 saturated heterocycles. The quantitative estimate of drug-likeness (QED) is 0.867. The van der Waals surface area contributed by atoms with Crippen LogP contribution in [0.15, 0.2) is 12.1 Å². The fourth-order valence-electron chi connectivity index (χ4n) is 2.37. The molecule has 1 aliphatic heterocycles. The van der Waals surface area contributed by atoms with E-state index in [-0.39, 0.29) is 0 Å². The van der Waals surface area contributed by atoms with E-state index >= 15 is 0 Å². The first-order valence-electron chi connectivity index (χ1n) is 5.76. The van der Waals surface area contributed by atoms with E-state index in [2.05, 4.69) is 10.3 Å². The first-order chi connectivity index (χ1) is 8.70. The van der Waals surface area contributed by atoms with Crippen molar-refractivity contribution in [1.29, 1.82) is 0 Å². The van der Waals surface area contributed by atoms with Crippen molar-refractivity contribution in [1.82, 2.24) is 4.98 Å². The molecule has 3 rings (SSSR count). The third-order valence-electron chi connectivity index (χ3n) is 3.17. The normalized spacial score (nSPS) is 14.6. The molecule has 0 radical (unpaired) electrons. The van der Waals surface area contributed by atoms with Crippen LogP contribution in [0.2, 0.25) is 10.0 Å². The molecule has 2 aromatic rings. The highest BCUT2D eigenvalue weighted by atomic mass is 35.5. The van der Waals surface area contributed by atoms with Gasteiger partial charge >= 0.3 is 0 Å². The highest BCUT2D eigenvalue weighted by Gasteiger charge is 2.19. The van der Waals surface area contributed by atoms with Crippen LogP contribution in [-0.2, 0) is 17.8 Å². The molecule has 0 aliphatic carbocycles. The van der Waals surface area contributed by atoms with E-state index in [4.69, 9.17) is 27.9 Å². The second-order valence-corrected chi connectivity index (χ2v) is 5.09. The average molecular weight is 283 g/mol. The van der Waals surface area contributed by atoms with Crippen LogP contribution >= 0.6 is 23.2 Å². The monoisotopic (exact) mass is 282 g/mol. The molecule has 0 atom stereocenters. The van der Waals surface area contributed by atoms with Crippen molar-refractivity contribution in [3.8, 4) is 0 Å². The molecule has 1 N–H and O–H groups in total. The number of rotatable bonds is 1. The van der Waals surface area contributed by atoms with Gasteiger partial charge in [0.15, 0.2) is 0 Å². The SMILES string of the molecule is CNc1c2c(nc3c(Cl)cc(Cl)cc13)CCOC2. The van der Waals surface area contributed by atoms with Gasteiger partial charge in [0, 0.05) is 29.4 Å². The Labute approximate surface area is 115 Å². The number of nitrogens with one attached hydrogen (secondary N) is 1. The number of hydrogen-bond acceptors (Lipinski definition) is 3. The summed E-state index contributed by atoms with van der Waals surface area (Å²) in [5.41, 5.74) is 3.97. The zero-order valence-electron chi connectivity index (χ0n) is 9.89. The molecular formula is C13H12Cl2N2O. The van der Waals surface area contributed by atoms with Crippen LogP contribution < -0.4 is 5.32 Å². The van der Waals surface area contributed by atoms with Crippen molar-refractivity contribution in [3.63, 3.8) is 0 Å². The Hall–Kier alpha value is -1.03. The third kappa shape index (κ3) is 1.83. The Bertz CT molecular complexity index is 628. The molecule has 2 heterocycles. The molecule has 0 spiro atoms. The van der Waals surface area contributed by atoms with Crippen molar-refractivity contribution in [2.24, 2.45) is 0 Å². The molecule has 0 fully saturated rings. The van der Waals surface area contributed by atoms with Crippen molar-refractivity contribution in [3.05, 3.63) is 33.4 Å². The summed E-state index contributed by atoms with van der Waals surface area (Å²) in [6.45, 7) is 1.29. The molecule has 0 saturated carbocycles. The van der Waals surface area contributed by atoms with Gasteiger partial charge in [-0.05, 0) is 12.1 Å². The number of benzene rings is 1. The Morgan fingerprint density at radius 3 is 2.94 bits per heavy atom. The average Bonchev–Trinajstić information content (AvgIpc) is 2.36. The fraction of sp³-hybridized carbons (Fsp3) is 0.308. The number of anilines is 1. The lowest BCUT2D eigenvalue weighted by atomic mass is 10.0. The van der Waals surface area contributed by atoms with E-state index in [1.807, 2.05) is 13.1 Å². The van der Waals surface area contributed by atoms with Gasteiger partial charge in [-0.15, -0.1) is 0 Å². The number of fused-ring (bicyclic) bond motifs is 2. The van der Waals surface area contributed by atoms with Crippen LogP contribution in [0.25, 0.3) is 10.9 Å². The Morgan fingerprint density at radius 2 is 2.17 bits per heavy atom. The second kappa shape index (κ2) is 4.57. The first kappa shape index (κ1) is 12.0. The van der Waals surface area contributed by atoms with Gasteiger partial charge in [0.05, 0.1) is 35.1 Å². The predicted molar refractivity (Wildman–Crippen MR) is 74.7 cm³/mol. The lowest BCUT2D eigenvalue weighted by Crippen LogP contribution is -2.14. The summed E-state index contributed by atoms with van der Waals surface area (Å²) in [4.78, 5) is 4.65. The van der Waals surface area contributed by atoms with Gasteiger partial charge in [0.2, 0.25) is 0 Å². The number of ether oxygens (including phenoxy) is 1. The van der Waals surface area contributed by atoms with Crippen LogP contribution in [-0.4, -0.2) is 18.6 Å². The number of hydrogen-bond donors (Lipinski definition) is 1. The first-order valence-corrected chi connectivity index (χ1v) is 6.52. The van der Waals surface area contributed by atoms with Crippen molar-refractivity contribution < 1.29 is 4.74 Å². The molecule has 18 heavy (non-hydrogen) atoms. The molecule has 1 aliphatic rings. The molecule has 5 heteroatoms. The molecule has 1 aromatic carbocycles. The topological polar surface area (TPSA) is 34.2 Å². The highest BCUT2D eigenvalue weighted by Crippen LogP contribution is 2.36. The fourth-order valence-corrected chi connectivity index (χ4v) is 2.91. The maximum Gasteiger partial charge on any atom is 0.0913 e. The van der Waals surface area contributed by atoms with Crippen LogP contribution in [0.4, 0.5) is 5.69 Å². The maximum absolute atomic E-state index is 6.23. The third-order valence-corrected chi connectivity index (χ3v) is 3.68. The Morgan fingerprint density at radius 1 is 1.33 bits per heavy atom. The largest absolute Gasteiger partial charge is 0.387 e.